The maximum atomic E-state index is 3.97. The van der Waals surface area contributed by atoms with Crippen LogP contribution in [0.3, 0.4) is 0 Å². The Morgan fingerprint density at radius 1 is 0.870 bits per heavy atom. The number of fused-ring (bicyclic) bond motifs is 5. The van der Waals surface area contributed by atoms with Crippen LogP contribution >= 0.6 is 0 Å². The summed E-state index contributed by atoms with van der Waals surface area (Å²) in [4.78, 5) is 0. The van der Waals surface area contributed by atoms with Crippen LogP contribution in [-0.2, 0) is 0 Å². The van der Waals surface area contributed by atoms with E-state index in [4.69, 9.17) is 0 Å². The van der Waals surface area contributed by atoms with Crippen molar-refractivity contribution in [3.63, 3.8) is 0 Å². The Bertz CT molecular complexity index is 451. The third kappa shape index (κ3) is 2.37. The molecule has 4 fully saturated rings. The van der Waals surface area contributed by atoms with Crippen molar-refractivity contribution >= 4 is 0 Å². The third-order valence-corrected chi connectivity index (χ3v) is 9.50. The van der Waals surface area contributed by atoms with Gasteiger partial charge in [0.05, 0.1) is 0 Å². The van der Waals surface area contributed by atoms with E-state index in [2.05, 4.69) is 26.5 Å². The minimum Gasteiger partial charge on any atom is -0.103 e. The molecule has 4 rings (SSSR count). The fourth-order valence-corrected chi connectivity index (χ4v) is 8.20. The van der Waals surface area contributed by atoms with Gasteiger partial charge in [-0.25, -0.2) is 0 Å². The van der Waals surface area contributed by atoms with Crippen molar-refractivity contribution in [1.29, 1.82) is 0 Å². The zero-order valence-corrected chi connectivity index (χ0v) is 15.7. The molecule has 0 spiro atoms. The second kappa shape index (κ2) is 5.92. The molecule has 7 unspecified atom stereocenters. The van der Waals surface area contributed by atoms with Crippen LogP contribution in [0.15, 0.2) is 12.7 Å². The highest BCUT2D eigenvalue weighted by molar-refractivity contribution is 5.08. The quantitative estimate of drug-likeness (QED) is 0.492. The van der Waals surface area contributed by atoms with Crippen molar-refractivity contribution < 1.29 is 0 Å². The third-order valence-electron chi connectivity index (χ3n) is 9.50. The molecule has 0 heterocycles. The molecule has 7 atom stereocenters. The predicted octanol–water partition coefficient (Wildman–Crippen LogP) is 7.00. The maximum Gasteiger partial charge on any atom is -0.0266 e. The maximum absolute atomic E-state index is 3.97. The van der Waals surface area contributed by atoms with Crippen molar-refractivity contribution in [2.24, 2.45) is 40.4 Å². The van der Waals surface area contributed by atoms with Gasteiger partial charge < -0.3 is 0 Å². The first kappa shape index (κ1) is 16.2. The molecule has 0 saturated heterocycles. The molecule has 0 nitrogen and oxygen atoms in total. The van der Waals surface area contributed by atoms with E-state index in [1.54, 1.807) is 38.5 Å². The molecule has 0 heteroatoms. The van der Waals surface area contributed by atoms with Gasteiger partial charge in [-0.2, -0.15) is 0 Å². The van der Waals surface area contributed by atoms with Gasteiger partial charge in [-0.3, -0.25) is 0 Å². The summed E-state index contributed by atoms with van der Waals surface area (Å²) in [7, 11) is 0. The highest BCUT2D eigenvalue weighted by Gasteiger charge is 2.59. The van der Waals surface area contributed by atoms with E-state index in [0.29, 0.717) is 10.8 Å². The summed E-state index contributed by atoms with van der Waals surface area (Å²) in [5.74, 6) is 5.25. The molecule has 23 heavy (non-hydrogen) atoms. The van der Waals surface area contributed by atoms with Crippen molar-refractivity contribution in [1.82, 2.24) is 0 Å². The minimum atomic E-state index is 0.669. The number of hydrogen-bond acceptors (Lipinski definition) is 0. The summed E-state index contributed by atoms with van der Waals surface area (Å²) >= 11 is 0. The van der Waals surface area contributed by atoms with Gasteiger partial charge in [0, 0.05) is 0 Å². The highest BCUT2D eigenvalue weighted by Crippen LogP contribution is 2.67. The number of hydrogen-bond donors (Lipinski definition) is 0. The molecule has 4 saturated carbocycles. The zero-order chi connectivity index (χ0) is 16.1. The molecular weight excluding hydrogens is 276 g/mol. The number of allylic oxidation sites excluding steroid dienone is 1. The van der Waals surface area contributed by atoms with Gasteiger partial charge in [-0.05, 0) is 105 Å². The average Bonchev–Trinajstić information content (AvgIpc) is 2.89. The fourth-order valence-electron chi connectivity index (χ4n) is 8.20. The Balaban J connectivity index is 1.56. The Kier molecular flexibility index (Phi) is 4.18. The molecule has 0 aromatic carbocycles. The Hall–Kier alpha value is -0.260. The molecule has 4 aliphatic carbocycles. The van der Waals surface area contributed by atoms with Crippen molar-refractivity contribution in [3.8, 4) is 0 Å². The zero-order valence-electron chi connectivity index (χ0n) is 15.7. The number of rotatable bonds is 3. The van der Waals surface area contributed by atoms with Crippen LogP contribution in [0.25, 0.3) is 0 Å². The molecule has 0 radical (unpaired) electrons. The van der Waals surface area contributed by atoms with Crippen LogP contribution in [0.4, 0.5) is 0 Å². The standard InChI is InChI=1S/C23H38/c1-4-5-8-17-11-13-20-19-12-10-18-9-6-7-15-22(18,2)21(19)14-16-23(17,20)3/h4,17-21H,1,5-16H2,2-3H3. The molecule has 0 amide bonds. The summed E-state index contributed by atoms with van der Waals surface area (Å²) in [6.07, 6.45) is 20.2. The van der Waals surface area contributed by atoms with Crippen LogP contribution in [0.1, 0.15) is 90.9 Å². The van der Waals surface area contributed by atoms with Crippen molar-refractivity contribution in [3.05, 3.63) is 12.7 Å². The first-order valence-electron chi connectivity index (χ1n) is 10.7. The predicted molar refractivity (Wildman–Crippen MR) is 99.3 cm³/mol. The highest BCUT2D eigenvalue weighted by atomic mass is 14.6. The fraction of sp³-hybridized carbons (Fsp3) is 0.913. The Morgan fingerprint density at radius 3 is 2.52 bits per heavy atom. The van der Waals surface area contributed by atoms with Crippen LogP contribution in [0.5, 0.6) is 0 Å². The van der Waals surface area contributed by atoms with E-state index in [1.165, 1.54) is 38.5 Å². The van der Waals surface area contributed by atoms with Crippen molar-refractivity contribution in [2.75, 3.05) is 0 Å². The Morgan fingerprint density at radius 2 is 1.70 bits per heavy atom. The molecular formula is C23H38. The second-order valence-corrected chi connectivity index (χ2v) is 10.1. The largest absolute Gasteiger partial charge is 0.103 e. The lowest BCUT2D eigenvalue weighted by Gasteiger charge is -2.60. The van der Waals surface area contributed by atoms with E-state index < -0.39 is 0 Å². The molecule has 0 bridgehead atoms. The molecule has 0 aromatic heterocycles. The molecule has 0 N–H and O–H groups in total. The van der Waals surface area contributed by atoms with Gasteiger partial charge in [0.1, 0.15) is 0 Å². The van der Waals surface area contributed by atoms with Crippen LogP contribution in [0, 0.1) is 40.4 Å². The summed E-state index contributed by atoms with van der Waals surface area (Å²) in [5.41, 5.74) is 1.38. The molecule has 0 aromatic rings. The normalized spacial score (nSPS) is 52.3. The van der Waals surface area contributed by atoms with Gasteiger partial charge >= 0.3 is 0 Å². The topological polar surface area (TPSA) is 0 Å². The lowest BCUT2D eigenvalue weighted by Crippen LogP contribution is -2.52. The minimum absolute atomic E-state index is 0.669. The monoisotopic (exact) mass is 314 g/mol. The van der Waals surface area contributed by atoms with Gasteiger partial charge in [0.25, 0.3) is 0 Å². The SMILES string of the molecule is C=CCCC1CCC2C3CCC4CCCCC4(C)C3CCC12C. The molecule has 4 aliphatic rings. The second-order valence-electron chi connectivity index (χ2n) is 10.1. The van der Waals surface area contributed by atoms with E-state index in [1.807, 2.05) is 0 Å². The summed E-state index contributed by atoms with van der Waals surface area (Å²) in [5, 5.41) is 0. The first-order valence-corrected chi connectivity index (χ1v) is 10.7. The molecule has 130 valence electrons. The van der Waals surface area contributed by atoms with Crippen LogP contribution in [-0.4, -0.2) is 0 Å². The van der Waals surface area contributed by atoms with E-state index in [9.17, 15) is 0 Å². The average molecular weight is 315 g/mol. The summed E-state index contributed by atoms with van der Waals surface area (Å²) in [6, 6.07) is 0. The van der Waals surface area contributed by atoms with Gasteiger partial charge in [-0.15, -0.1) is 6.58 Å². The first-order chi connectivity index (χ1) is 11.1. The summed E-state index contributed by atoms with van der Waals surface area (Å²) < 4.78 is 0. The smallest absolute Gasteiger partial charge is 0.0266 e. The Labute approximate surface area is 144 Å². The van der Waals surface area contributed by atoms with E-state index >= 15 is 0 Å². The van der Waals surface area contributed by atoms with Crippen LogP contribution in [0.2, 0.25) is 0 Å². The molecule has 0 aliphatic heterocycles. The van der Waals surface area contributed by atoms with E-state index in [-0.39, 0.29) is 0 Å². The lowest BCUT2D eigenvalue weighted by molar-refractivity contribution is -0.111. The van der Waals surface area contributed by atoms with Crippen LogP contribution < -0.4 is 0 Å². The van der Waals surface area contributed by atoms with Crippen molar-refractivity contribution in [2.45, 2.75) is 90.9 Å². The van der Waals surface area contributed by atoms with Gasteiger partial charge in [0.15, 0.2) is 0 Å². The van der Waals surface area contributed by atoms with Gasteiger partial charge in [0.2, 0.25) is 0 Å². The van der Waals surface area contributed by atoms with E-state index in [0.717, 1.165) is 29.6 Å². The lowest BCUT2D eigenvalue weighted by atomic mass is 9.45. The summed E-state index contributed by atoms with van der Waals surface area (Å²) in [6.45, 7) is 9.36. The van der Waals surface area contributed by atoms with Gasteiger partial charge in [-0.1, -0.05) is 32.8 Å².